The summed E-state index contributed by atoms with van der Waals surface area (Å²) in [5, 5.41) is 10.2. The van der Waals surface area contributed by atoms with Gasteiger partial charge in [-0.05, 0) is 50.3 Å². The van der Waals surface area contributed by atoms with Crippen molar-refractivity contribution in [2.75, 3.05) is 19.8 Å². The SMILES string of the molecule is CC(C)OCCc1cccc[n+]1C.C[n+]1cc(O)cc(Cl)c1.C[n+]1ccc(C2CCOCC2)cc1.C[n+]1cccc(Cl)c1.C[n+]1cccc(F)c1. The Morgan fingerprint density at radius 1 is 0.745 bits per heavy atom. The Kier molecular flexibility index (Phi) is 20.5. The first-order chi connectivity index (χ1) is 24.3. The van der Waals surface area contributed by atoms with Crippen LogP contribution in [0.3, 0.4) is 0 Å². The van der Waals surface area contributed by atoms with Gasteiger partial charge in [-0.2, -0.15) is 0 Å². The Labute approximate surface area is 313 Å². The fourth-order valence-corrected chi connectivity index (χ4v) is 5.28. The van der Waals surface area contributed by atoms with Crippen molar-refractivity contribution in [3.63, 3.8) is 0 Å². The molecular weight excluding hydrogens is 688 g/mol. The fraction of sp³-hybridized carbons (Fsp3) is 0.375. The minimum atomic E-state index is -0.199. The molecular formula is C40H55Cl2FN5O3+5. The Morgan fingerprint density at radius 3 is 1.86 bits per heavy atom. The number of aromatic nitrogens is 5. The van der Waals surface area contributed by atoms with Crippen LogP contribution in [-0.4, -0.2) is 31.0 Å². The summed E-state index contributed by atoms with van der Waals surface area (Å²) >= 11 is 11.2. The first kappa shape index (κ1) is 43.1. The van der Waals surface area contributed by atoms with Crippen LogP contribution in [0, 0.1) is 5.82 Å². The van der Waals surface area contributed by atoms with E-state index >= 15 is 0 Å². The predicted molar refractivity (Wildman–Crippen MR) is 197 cm³/mol. The van der Waals surface area contributed by atoms with Gasteiger partial charge in [-0.3, -0.25) is 0 Å². The normalized spacial score (nSPS) is 12.1. The van der Waals surface area contributed by atoms with Gasteiger partial charge in [0.25, 0.3) is 0 Å². The zero-order valence-corrected chi connectivity index (χ0v) is 32.5. The van der Waals surface area contributed by atoms with Crippen LogP contribution in [0.5, 0.6) is 5.75 Å². The van der Waals surface area contributed by atoms with Gasteiger partial charge < -0.3 is 14.6 Å². The molecule has 274 valence electrons. The van der Waals surface area contributed by atoms with E-state index < -0.39 is 0 Å². The average molecular weight is 744 g/mol. The summed E-state index contributed by atoms with van der Waals surface area (Å²) in [5.41, 5.74) is 2.77. The van der Waals surface area contributed by atoms with Crippen LogP contribution in [0.4, 0.5) is 4.39 Å². The molecule has 0 unspecified atom stereocenters. The van der Waals surface area contributed by atoms with Gasteiger partial charge in [-0.1, -0.05) is 29.3 Å². The van der Waals surface area contributed by atoms with Crippen LogP contribution < -0.4 is 22.8 Å². The van der Waals surface area contributed by atoms with Crippen molar-refractivity contribution in [3.05, 3.63) is 144 Å². The quantitative estimate of drug-likeness (QED) is 0.240. The largest absolute Gasteiger partial charge is 0.503 e. The molecule has 8 nitrogen and oxygen atoms in total. The van der Waals surface area contributed by atoms with Crippen molar-refractivity contribution in [1.82, 2.24) is 0 Å². The number of aryl methyl sites for hydroxylation is 5. The lowest BCUT2D eigenvalue weighted by Crippen LogP contribution is -2.33. The van der Waals surface area contributed by atoms with Crippen LogP contribution >= 0.6 is 23.2 Å². The zero-order valence-electron chi connectivity index (χ0n) is 31.0. The van der Waals surface area contributed by atoms with E-state index in [-0.39, 0.29) is 11.6 Å². The van der Waals surface area contributed by atoms with Crippen molar-refractivity contribution in [2.45, 2.75) is 45.1 Å². The number of hydrogen-bond donors (Lipinski definition) is 1. The van der Waals surface area contributed by atoms with E-state index in [9.17, 15) is 4.39 Å². The minimum Gasteiger partial charge on any atom is -0.503 e. The molecule has 1 aliphatic rings. The molecule has 6 heterocycles. The lowest BCUT2D eigenvalue weighted by atomic mass is 9.93. The molecule has 6 rings (SSSR count). The van der Waals surface area contributed by atoms with E-state index in [4.69, 9.17) is 37.8 Å². The third-order valence-corrected chi connectivity index (χ3v) is 7.85. The van der Waals surface area contributed by atoms with E-state index in [0.717, 1.165) is 37.2 Å². The molecule has 0 radical (unpaired) electrons. The highest BCUT2D eigenvalue weighted by atomic mass is 35.5. The highest BCUT2D eigenvalue weighted by Crippen LogP contribution is 2.25. The maximum atomic E-state index is 12.1. The highest BCUT2D eigenvalue weighted by molar-refractivity contribution is 6.30. The van der Waals surface area contributed by atoms with Crippen molar-refractivity contribution < 1.29 is 41.8 Å². The van der Waals surface area contributed by atoms with E-state index in [1.54, 1.807) is 47.9 Å². The van der Waals surface area contributed by atoms with E-state index in [1.807, 2.05) is 49.3 Å². The van der Waals surface area contributed by atoms with Gasteiger partial charge in [0, 0.05) is 55.7 Å². The summed E-state index contributed by atoms with van der Waals surface area (Å²) < 4.78 is 32.4. The fourth-order valence-electron chi connectivity index (χ4n) is 4.79. The minimum absolute atomic E-state index is 0.185. The molecule has 1 aliphatic heterocycles. The van der Waals surface area contributed by atoms with Gasteiger partial charge >= 0.3 is 0 Å². The zero-order chi connectivity index (χ0) is 37.6. The van der Waals surface area contributed by atoms with Gasteiger partial charge in [-0.25, -0.2) is 27.2 Å². The number of ether oxygens (including phenoxy) is 2. The Morgan fingerprint density at radius 2 is 1.37 bits per heavy atom. The van der Waals surface area contributed by atoms with Gasteiger partial charge in [0.1, 0.15) is 45.3 Å². The second kappa shape index (κ2) is 24.2. The summed E-state index contributed by atoms with van der Waals surface area (Å²) in [6, 6.07) is 19.0. The van der Waals surface area contributed by atoms with Crippen molar-refractivity contribution in [1.29, 1.82) is 0 Å². The van der Waals surface area contributed by atoms with Gasteiger partial charge in [0.15, 0.2) is 60.6 Å². The van der Waals surface area contributed by atoms with E-state index in [2.05, 4.69) is 72.9 Å². The van der Waals surface area contributed by atoms with Crippen LogP contribution in [-0.2, 0) is 51.1 Å². The summed E-state index contributed by atoms with van der Waals surface area (Å²) in [4.78, 5) is 0. The van der Waals surface area contributed by atoms with E-state index in [0.29, 0.717) is 11.1 Å². The second-order valence-electron chi connectivity index (χ2n) is 12.4. The smallest absolute Gasteiger partial charge is 0.210 e. The summed E-state index contributed by atoms with van der Waals surface area (Å²) in [6.45, 7) is 6.77. The lowest BCUT2D eigenvalue weighted by molar-refractivity contribution is -0.679. The number of aromatic hydroxyl groups is 1. The summed E-state index contributed by atoms with van der Waals surface area (Å²) in [5.74, 6) is 0.704. The highest BCUT2D eigenvalue weighted by Gasteiger charge is 2.16. The molecule has 1 saturated heterocycles. The molecule has 0 saturated carbocycles. The van der Waals surface area contributed by atoms with Gasteiger partial charge in [-0.15, -0.1) is 0 Å². The topological polar surface area (TPSA) is 58.1 Å². The molecule has 5 aromatic heterocycles. The third-order valence-electron chi connectivity index (χ3n) is 7.42. The molecule has 1 fully saturated rings. The first-order valence-electron chi connectivity index (χ1n) is 17.0. The van der Waals surface area contributed by atoms with Crippen molar-refractivity contribution in [3.8, 4) is 5.75 Å². The summed E-state index contributed by atoms with van der Waals surface area (Å²) in [7, 11) is 9.62. The first-order valence-corrected chi connectivity index (χ1v) is 17.7. The van der Waals surface area contributed by atoms with Gasteiger partial charge in [0.05, 0.1) is 19.1 Å². The van der Waals surface area contributed by atoms with Crippen molar-refractivity contribution in [2.24, 2.45) is 35.2 Å². The molecule has 0 aromatic carbocycles. The molecule has 5 aromatic rings. The lowest BCUT2D eigenvalue weighted by Gasteiger charge is -2.21. The predicted octanol–water partition coefficient (Wildman–Crippen LogP) is 5.57. The number of hydrogen-bond acceptors (Lipinski definition) is 3. The Bertz CT molecular complexity index is 1580. The molecule has 51 heavy (non-hydrogen) atoms. The Balaban J connectivity index is 0.000000225. The second-order valence-corrected chi connectivity index (χ2v) is 13.3. The molecule has 0 spiro atoms. The van der Waals surface area contributed by atoms with Crippen LogP contribution in [0.1, 0.15) is 43.9 Å². The third kappa shape index (κ3) is 19.8. The maximum absolute atomic E-state index is 12.1. The summed E-state index contributed by atoms with van der Waals surface area (Å²) in [6.07, 6.45) is 20.2. The molecule has 0 amide bonds. The van der Waals surface area contributed by atoms with Crippen molar-refractivity contribution >= 4 is 23.2 Å². The monoisotopic (exact) mass is 742 g/mol. The average Bonchev–Trinajstić information content (AvgIpc) is 3.07. The maximum Gasteiger partial charge on any atom is 0.210 e. The van der Waals surface area contributed by atoms with Crippen LogP contribution in [0.15, 0.2) is 116 Å². The standard InChI is InChI=1S/C11H16NO.C11H18NO.C6H6ClNO.C6H7ClN.C6H7FN/c1-12-6-2-10(3-7-12)11-4-8-13-9-5-11;1-10(2)13-9-7-11-6-4-5-8-12(11)3;1-8-3-5(7)2-6(9)4-8;2*1-8-4-2-3-6(7)5-8/h2-3,6-7,11H,4-5,8-9H2,1H3;4-6,8,10H,7,9H2,1-3H3;2-4H,1H3;2*2-5H,1H3/q2*+1;;2*+1/p+1. The molecule has 1 N–H and O–H groups in total. The molecule has 0 atom stereocenters. The number of pyridine rings is 5. The Hall–Kier alpha value is -4.02. The van der Waals surface area contributed by atoms with Crippen LogP contribution in [0.25, 0.3) is 0 Å². The van der Waals surface area contributed by atoms with E-state index in [1.165, 1.54) is 42.4 Å². The van der Waals surface area contributed by atoms with Gasteiger partial charge in [0.2, 0.25) is 12.4 Å². The number of rotatable bonds is 5. The molecule has 0 aliphatic carbocycles. The molecule has 11 heteroatoms. The van der Waals surface area contributed by atoms with Crippen LogP contribution in [0.2, 0.25) is 10.0 Å². The number of halogens is 3. The number of nitrogens with zero attached hydrogens (tertiary/aromatic N) is 5. The molecule has 0 bridgehead atoms.